The number of nitrogens with one attached hydrogen (secondary N) is 2. The second-order valence-electron chi connectivity index (χ2n) is 5.33. The summed E-state index contributed by atoms with van der Waals surface area (Å²) in [5.41, 5.74) is 1.57. The molecule has 2 N–H and O–H groups in total. The minimum Gasteiger partial charge on any atom is -0.355 e. The van der Waals surface area contributed by atoms with Crippen LogP contribution in [0.3, 0.4) is 0 Å². The van der Waals surface area contributed by atoms with E-state index < -0.39 is 0 Å². The van der Waals surface area contributed by atoms with Crippen LogP contribution in [0.15, 0.2) is 23.2 Å². The molecule has 0 atom stereocenters. The van der Waals surface area contributed by atoms with Crippen molar-refractivity contribution in [2.24, 2.45) is 4.99 Å². The lowest BCUT2D eigenvalue weighted by molar-refractivity contribution is 0.615. The average molecular weight is 297 g/mol. The maximum Gasteiger partial charge on any atom is 0.191 e. The Bertz CT molecular complexity index is 472. The van der Waals surface area contributed by atoms with E-state index in [2.05, 4.69) is 35.7 Å². The van der Waals surface area contributed by atoms with Gasteiger partial charge in [-0.15, -0.1) is 0 Å². The Balaban J connectivity index is 2.51. The first-order valence-corrected chi connectivity index (χ1v) is 7.85. The SMILES string of the molecule is CN=C(NCc1ccc(C)c(F)c1)NCC(C)(C)SC. The van der Waals surface area contributed by atoms with Gasteiger partial charge in [-0.25, -0.2) is 4.39 Å². The Morgan fingerprint density at radius 2 is 2.05 bits per heavy atom. The van der Waals surface area contributed by atoms with E-state index in [-0.39, 0.29) is 10.6 Å². The lowest BCUT2D eigenvalue weighted by Gasteiger charge is -2.23. The van der Waals surface area contributed by atoms with Gasteiger partial charge in [0, 0.05) is 24.9 Å². The standard InChI is InChI=1S/C15H24FN3S/c1-11-6-7-12(8-13(11)16)9-18-14(17-4)19-10-15(2,3)20-5/h6-8H,9-10H2,1-5H3,(H2,17,18,19). The van der Waals surface area contributed by atoms with Gasteiger partial charge in [0.25, 0.3) is 0 Å². The minimum atomic E-state index is -0.171. The lowest BCUT2D eigenvalue weighted by atomic mass is 10.1. The summed E-state index contributed by atoms with van der Waals surface area (Å²) in [6, 6.07) is 5.27. The minimum absolute atomic E-state index is 0.146. The van der Waals surface area contributed by atoms with E-state index in [0.717, 1.165) is 18.1 Å². The summed E-state index contributed by atoms with van der Waals surface area (Å²) in [5.74, 6) is 0.559. The van der Waals surface area contributed by atoms with Crippen molar-refractivity contribution in [2.75, 3.05) is 19.8 Å². The molecule has 0 aliphatic heterocycles. The number of thioether (sulfide) groups is 1. The summed E-state index contributed by atoms with van der Waals surface area (Å²) in [6.07, 6.45) is 2.09. The van der Waals surface area contributed by atoms with Crippen LogP contribution in [0.2, 0.25) is 0 Å². The van der Waals surface area contributed by atoms with Crippen molar-refractivity contribution in [3.05, 3.63) is 35.1 Å². The van der Waals surface area contributed by atoms with Crippen molar-refractivity contribution in [1.29, 1.82) is 0 Å². The van der Waals surface area contributed by atoms with Crippen LogP contribution in [0.4, 0.5) is 4.39 Å². The molecule has 20 heavy (non-hydrogen) atoms. The van der Waals surface area contributed by atoms with E-state index >= 15 is 0 Å². The highest BCUT2D eigenvalue weighted by Gasteiger charge is 2.16. The first-order chi connectivity index (χ1) is 9.38. The van der Waals surface area contributed by atoms with Gasteiger partial charge in [-0.2, -0.15) is 11.8 Å². The fourth-order valence-electron chi connectivity index (χ4n) is 1.52. The van der Waals surface area contributed by atoms with Gasteiger partial charge in [-0.3, -0.25) is 4.99 Å². The van der Waals surface area contributed by atoms with Gasteiger partial charge in [0.1, 0.15) is 5.82 Å². The van der Waals surface area contributed by atoms with Crippen LogP contribution in [-0.2, 0) is 6.54 Å². The molecule has 112 valence electrons. The Labute approximate surface area is 125 Å². The lowest BCUT2D eigenvalue weighted by Crippen LogP contribution is -2.43. The van der Waals surface area contributed by atoms with Gasteiger partial charge in [-0.1, -0.05) is 12.1 Å². The molecular weight excluding hydrogens is 273 g/mol. The zero-order chi connectivity index (χ0) is 15.2. The molecule has 0 unspecified atom stereocenters. The summed E-state index contributed by atoms with van der Waals surface area (Å²) in [4.78, 5) is 4.17. The summed E-state index contributed by atoms with van der Waals surface area (Å²) in [5, 5.41) is 6.47. The highest BCUT2D eigenvalue weighted by molar-refractivity contribution is 7.99. The molecular formula is C15H24FN3S. The number of aryl methyl sites for hydroxylation is 1. The smallest absolute Gasteiger partial charge is 0.191 e. The monoisotopic (exact) mass is 297 g/mol. The van der Waals surface area contributed by atoms with Crippen LogP contribution >= 0.6 is 11.8 Å². The molecule has 0 bridgehead atoms. The number of benzene rings is 1. The number of halogens is 1. The van der Waals surface area contributed by atoms with Gasteiger partial charge < -0.3 is 10.6 Å². The van der Waals surface area contributed by atoms with E-state index in [9.17, 15) is 4.39 Å². The predicted octanol–water partition coefficient (Wildman–Crippen LogP) is 2.94. The van der Waals surface area contributed by atoms with Crippen LogP contribution < -0.4 is 10.6 Å². The Hall–Kier alpha value is -1.23. The Morgan fingerprint density at radius 3 is 2.60 bits per heavy atom. The fourth-order valence-corrected chi connectivity index (χ4v) is 1.74. The Kier molecular flexibility index (Phi) is 6.33. The van der Waals surface area contributed by atoms with E-state index in [1.165, 1.54) is 0 Å². The largest absolute Gasteiger partial charge is 0.355 e. The zero-order valence-electron chi connectivity index (χ0n) is 12.9. The van der Waals surface area contributed by atoms with Gasteiger partial charge in [0.2, 0.25) is 0 Å². The number of nitrogens with zero attached hydrogens (tertiary/aromatic N) is 1. The molecule has 0 fully saturated rings. The molecule has 0 spiro atoms. The second-order valence-corrected chi connectivity index (χ2v) is 6.84. The highest BCUT2D eigenvalue weighted by atomic mass is 32.2. The van der Waals surface area contributed by atoms with Crippen LogP contribution in [0.1, 0.15) is 25.0 Å². The quantitative estimate of drug-likeness (QED) is 0.648. The molecule has 1 aromatic rings. The predicted molar refractivity (Wildman–Crippen MR) is 86.9 cm³/mol. The first kappa shape index (κ1) is 16.8. The molecule has 0 heterocycles. The van der Waals surface area contributed by atoms with Crippen LogP contribution in [0.25, 0.3) is 0 Å². The van der Waals surface area contributed by atoms with Crippen LogP contribution in [-0.4, -0.2) is 30.6 Å². The van der Waals surface area contributed by atoms with Gasteiger partial charge in [0.05, 0.1) is 0 Å². The molecule has 5 heteroatoms. The second kappa shape index (κ2) is 7.53. The fraction of sp³-hybridized carbons (Fsp3) is 0.533. The van der Waals surface area contributed by atoms with Crippen molar-refractivity contribution in [1.82, 2.24) is 10.6 Å². The highest BCUT2D eigenvalue weighted by Crippen LogP contribution is 2.19. The summed E-state index contributed by atoms with van der Waals surface area (Å²) in [7, 11) is 1.73. The number of rotatable bonds is 5. The third kappa shape index (κ3) is 5.41. The van der Waals surface area contributed by atoms with E-state index in [0.29, 0.717) is 12.1 Å². The molecule has 1 aromatic carbocycles. The van der Waals surface area contributed by atoms with Crippen LogP contribution in [0.5, 0.6) is 0 Å². The third-order valence-electron chi connectivity index (χ3n) is 3.15. The number of guanidine groups is 1. The zero-order valence-corrected chi connectivity index (χ0v) is 13.7. The van der Waals surface area contributed by atoms with E-state index in [1.54, 1.807) is 37.9 Å². The van der Waals surface area contributed by atoms with Gasteiger partial charge in [-0.05, 0) is 44.2 Å². The normalized spacial score (nSPS) is 12.4. The molecule has 0 aromatic heterocycles. The average Bonchev–Trinajstić information content (AvgIpc) is 2.42. The third-order valence-corrected chi connectivity index (χ3v) is 4.40. The molecule has 3 nitrogen and oxygen atoms in total. The van der Waals surface area contributed by atoms with Gasteiger partial charge in [0.15, 0.2) is 5.96 Å². The molecule has 0 saturated heterocycles. The summed E-state index contributed by atoms with van der Waals surface area (Å²) in [6.45, 7) is 7.48. The first-order valence-electron chi connectivity index (χ1n) is 6.62. The molecule has 0 aliphatic rings. The maximum absolute atomic E-state index is 13.5. The topological polar surface area (TPSA) is 36.4 Å². The van der Waals surface area contributed by atoms with E-state index in [4.69, 9.17) is 0 Å². The van der Waals surface area contributed by atoms with Crippen molar-refractivity contribution < 1.29 is 4.39 Å². The summed E-state index contributed by atoms with van der Waals surface area (Å²) >= 11 is 1.80. The summed E-state index contributed by atoms with van der Waals surface area (Å²) < 4.78 is 13.6. The van der Waals surface area contributed by atoms with Crippen LogP contribution in [0, 0.1) is 12.7 Å². The van der Waals surface area contributed by atoms with Crippen molar-refractivity contribution in [3.63, 3.8) is 0 Å². The maximum atomic E-state index is 13.5. The number of hydrogen-bond acceptors (Lipinski definition) is 2. The van der Waals surface area contributed by atoms with Crippen molar-refractivity contribution in [3.8, 4) is 0 Å². The molecule has 1 rings (SSSR count). The number of aliphatic imine (C=N–C) groups is 1. The molecule has 0 aliphatic carbocycles. The molecule has 0 amide bonds. The molecule has 0 radical (unpaired) electrons. The Morgan fingerprint density at radius 1 is 1.35 bits per heavy atom. The van der Waals surface area contributed by atoms with E-state index in [1.807, 2.05) is 6.07 Å². The van der Waals surface area contributed by atoms with Gasteiger partial charge >= 0.3 is 0 Å². The van der Waals surface area contributed by atoms with Crippen molar-refractivity contribution in [2.45, 2.75) is 32.1 Å². The molecule has 0 saturated carbocycles. The van der Waals surface area contributed by atoms with Crippen molar-refractivity contribution >= 4 is 17.7 Å². The number of hydrogen-bond donors (Lipinski definition) is 2.